The smallest absolute Gasteiger partial charge is 0.169 e. The number of benzene rings is 1. The topological polar surface area (TPSA) is 60.9 Å². The van der Waals surface area contributed by atoms with E-state index in [4.69, 9.17) is 5.73 Å². The average molecular weight is 294 g/mol. The van der Waals surface area contributed by atoms with E-state index >= 15 is 0 Å². The summed E-state index contributed by atoms with van der Waals surface area (Å²) in [6.45, 7) is 0. The maximum Gasteiger partial charge on any atom is 0.169 e. The van der Waals surface area contributed by atoms with Crippen molar-refractivity contribution in [1.82, 2.24) is 9.78 Å². The number of hydrogen-bond acceptors (Lipinski definition) is 3. The van der Waals surface area contributed by atoms with Gasteiger partial charge in [0.05, 0.1) is 6.20 Å². The first-order valence-electron chi connectivity index (χ1n) is 5.12. The van der Waals surface area contributed by atoms with Crippen molar-refractivity contribution in [2.24, 2.45) is 7.05 Å². The van der Waals surface area contributed by atoms with E-state index < -0.39 is 0 Å². The molecule has 0 aliphatic carbocycles. The van der Waals surface area contributed by atoms with Crippen LogP contribution in [0.1, 0.15) is 15.9 Å². The van der Waals surface area contributed by atoms with Crippen LogP contribution in [0.3, 0.4) is 0 Å². The highest BCUT2D eigenvalue weighted by Crippen LogP contribution is 2.20. The lowest BCUT2D eigenvalue weighted by atomic mass is 10.0. The second kappa shape index (κ2) is 4.71. The monoisotopic (exact) mass is 293 g/mol. The Hall–Kier alpha value is -1.62. The molecule has 1 heterocycles. The molecule has 2 aromatic rings. The molecule has 0 saturated heterocycles. The van der Waals surface area contributed by atoms with E-state index in [1.165, 1.54) is 0 Å². The lowest BCUT2D eigenvalue weighted by Crippen LogP contribution is -2.06. The number of carbonyl (C=O) groups excluding carboxylic acids is 1. The number of nitrogens with zero attached hydrogens (tertiary/aromatic N) is 2. The normalized spacial score (nSPS) is 10.5. The zero-order valence-corrected chi connectivity index (χ0v) is 10.9. The summed E-state index contributed by atoms with van der Waals surface area (Å²) in [6, 6.07) is 5.28. The maximum absolute atomic E-state index is 12.0. The van der Waals surface area contributed by atoms with E-state index in [1.807, 2.05) is 19.3 Å². The number of carbonyl (C=O) groups is 1. The van der Waals surface area contributed by atoms with Crippen molar-refractivity contribution in [2.45, 2.75) is 6.42 Å². The molecule has 0 atom stereocenters. The Morgan fingerprint density at radius 3 is 2.88 bits per heavy atom. The predicted octanol–water partition coefficient (Wildman–Crippen LogP) is 2.19. The zero-order chi connectivity index (χ0) is 12.4. The number of Topliss-reactive ketones (excluding diaryl/α,β-unsaturated/α-hetero) is 1. The average Bonchev–Trinajstić information content (AvgIpc) is 2.63. The molecule has 2 N–H and O–H groups in total. The zero-order valence-electron chi connectivity index (χ0n) is 9.35. The van der Waals surface area contributed by atoms with Gasteiger partial charge in [-0.05, 0) is 23.8 Å². The number of rotatable bonds is 3. The van der Waals surface area contributed by atoms with E-state index in [-0.39, 0.29) is 5.78 Å². The third-order valence-corrected chi connectivity index (χ3v) is 2.93. The van der Waals surface area contributed by atoms with Crippen molar-refractivity contribution in [1.29, 1.82) is 0 Å². The van der Waals surface area contributed by atoms with Crippen LogP contribution in [0.4, 0.5) is 5.69 Å². The molecule has 4 nitrogen and oxygen atoms in total. The molecule has 1 aromatic carbocycles. The summed E-state index contributed by atoms with van der Waals surface area (Å²) in [5.74, 6) is 0.00278. The molecule has 0 aliphatic rings. The van der Waals surface area contributed by atoms with Crippen molar-refractivity contribution in [3.8, 4) is 0 Å². The maximum atomic E-state index is 12.0. The molecule has 2 rings (SSSR count). The minimum Gasteiger partial charge on any atom is -0.398 e. The molecule has 0 aliphatic heterocycles. The molecule has 0 spiro atoms. The fourth-order valence-corrected chi connectivity index (χ4v) is 2.01. The van der Waals surface area contributed by atoms with Gasteiger partial charge in [-0.15, -0.1) is 0 Å². The van der Waals surface area contributed by atoms with Crippen LogP contribution in [0.15, 0.2) is 35.1 Å². The number of nitrogen functional groups attached to an aromatic ring is 1. The van der Waals surface area contributed by atoms with Crippen LogP contribution in [-0.2, 0) is 13.5 Å². The molecule has 0 unspecified atom stereocenters. The Kier molecular flexibility index (Phi) is 3.28. The standard InChI is InChI=1S/C12H12BrN3O/c1-16-7-8(6-15-16)4-12(17)10-3-2-9(13)5-11(10)14/h2-3,5-7H,4,14H2,1H3. The Labute approximate surface area is 108 Å². The summed E-state index contributed by atoms with van der Waals surface area (Å²) in [4.78, 5) is 12.0. The number of nitrogens with two attached hydrogens (primary N) is 1. The first-order chi connectivity index (χ1) is 8.06. The summed E-state index contributed by atoms with van der Waals surface area (Å²) in [5.41, 5.74) is 7.74. The molecule has 0 amide bonds. The molecule has 5 heteroatoms. The van der Waals surface area contributed by atoms with Crippen molar-refractivity contribution >= 4 is 27.4 Å². The van der Waals surface area contributed by atoms with Crippen molar-refractivity contribution in [3.63, 3.8) is 0 Å². The van der Waals surface area contributed by atoms with Crippen molar-refractivity contribution in [2.75, 3.05) is 5.73 Å². The fraction of sp³-hybridized carbons (Fsp3) is 0.167. The fourth-order valence-electron chi connectivity index (χ4n) is 1.63. The van der Waals surface area contributed by atoms with Crippen molar-refractivity contribution < 1.29 is 4.79 Å². The van der Waals surface area contributed by atoms with Gasteiger partial charge in [-0.25, -0.2) is 0 Å². The molecular weight excluding hydrogens is 282 g/mol. The van der Waals surface area contributed by atoms with Gasteiger partial charge in [-0.3, -0.25) is 9.48 Å². The third-order valence-electron chi connectivity index (χ3n) is 2.44. The van der Waals surface area contributed by atoms with E-state index in [0.29, 0.717) is 17.7 Å². The Morgan fingerprint density at radius 2 is 2.29 bits per heavy atom. The van der Waals surface area contributed by atoms with Crippen molar-refractivity contribution in [3.05, 3.63) is 46.2 Å². The quantitative estimate of drug-likeness (QED) is 0.697. The van der Waals surface area contributed by atoms with Gasteiger partial charge in [-0.1, -0.05) is 15.9 Å². The number of ketones is 1. The molecule has 0 saturated carbocycles. The summed E-state index contributed by atoms with van der Waals surface area (Å²) in [5, 5.41) is 4.03. The van der Waals surface area contributed by atoms with Gasteiger partial charge >= 0.3 is 0 Å². The highest BCUT2D eigenvalue weighted by atomic mass is 79.9. The van der Waals surface area contributed by atoms with Crippen LogP contribution in [-0.4, -0.2) is 15.6 Å². The molecule has 0 bridgehead atoms. The lowest BCUT2D eigenvalue weighted by molar-refractivity contribution is 0.0994. The van der Waals surface area contributed by atoms with E-state index in [2.05, 4.69) is 21.0 Å². The Bertz CT molecular complexity index is 563. The minimum atomic E-state index is 0.00278. The number of hydrogen-bond donors (Lipinski definition) is 1. The second-order valence-corrected chi connectivity index (χ2v) is 4.77. The van der Waals surface area contributed by atoms with E-state index in [1.54, 1.807) is 23.0 Å². The van der Waals surface area contributed by atoms with Crippen LogP contribution in [0.2, 0.25) is 0 Å². The van der Waals surface area contributed by atoms with Gasteiger partial charge in [-0.2, -0.15) is 5.10 Å². The highest BCUT2D eigenvalue weighted by Gasteiger charge is 2.11. The second-order valence-electron chi connectivity index (χ2n) is 3.85. The largest absolute Gasteiger partial charge is 0.398 e. The van der Waals surface area contributed by atoms with Gasteiger partial charge in [0.2, 0.25) is 0 Å². The first-order valence-corrected chi connectivity index (χ1v) is 5.91. The van der Waals surface area contributed by atoms with Crippen LogP contribution < -0.4 is 5.73 Å². The third kappa shape index (κ3) is 2.74. The molecule has 88 valence electrons. The minimum absolute atomic E-state index is 0.00278. The summed E-state index contributed by atoms with van der Waals surface area (Å²) >= 11 is 3.31. The molecule has 17 heavy (non-hydrogen) atoms. The predicted molar refractivity (Wildman–Crippen MR) is 69.8 cm³/mol. The van der Waals surface area contributed by atoms with E-state index in [0.717, 1.165) is 10.0 Å². The summed E-state index contributed by atoms with van der Waals surface area (Å²) in [7, 11) is 1.82. The highest BCUT2D eigenvalue weighted by molar-refractivity contribution is 9.10. The van der Waals surface area contributed by atoms with Gasteiger partial charge in [0.1, 0.15) is 0 Å². The molecular formula is C12H12BrN3O. The Balaban J connectivity index is 2.20. The number of anilines is 1. The molecule has 0 fully saturated rings. The van der Waals surface area contributed by atoms with Gasteiger partial charge < -0.3 is 5.73 Å². The van der Waals surface area contributed by atoms with Gasteiger partial charge in [0.15, 0.2) is 5.78 Å². The van der Waals surface area contributed by atoms with Crippen LogP contribution in [0.5, 0.6) is 0 Å². The number of aromatic nitrogens is 2. The number of aryl methyl sites for hydroxylation is 1. The van der Waals surface area contributed by atoms with Gasteiger partial charge in [0, 0.05) is 35.4 Å². The van der Waals surface area contributed by atoms with Crippen LogP contribution in [0.25, 0.3) is 0 Å². The van der Waals surface area contributed by atoms with Gasteiger partial charge in [0.25, 0.3) is 0 Å². The van der Waals surface area contributed by atoms with Crippen LogP contribution in [0, 0.1) is 0 Å². The summed E-state index contributed by atoms with van der Waals surface area (Å²) in [6.07, 6.45) is 3.83. The number of halogens is 1. The SMILES string of the molecule is Cn1cc(CC(=O)c2ccc(Br)cc2N)cn1. The van der Waals surface area contributed by atoms with E-state index in [9.17, 15) is 4.79 Å². The first kappa shape index (κ1) is 11.9. The molecule has 0 radical (unpaired) electrons. The summed E-state index contributed by atoms with van der Waals surface area (Å²) < 4.78 is 2.54. The van der Waals surface area contributed by atoms with Crippen LogP contribution >= 0.6 is 15.9 Å². The Morgan fingerprint density at radius 1 is 1.53 bits per heavy atom. The lowest BCUT2D eigenvalue weighted by Gasteiger charge is -2.04. The molecule has 1 aromatic heterocycles.